The number of anilines is 1. The SMILES string of the molecule is CCn1nc(CNc2cccc(F)c2)c2ccccc21. The number of benzene rings is 2. The lowest BCUT2D eigenvalue weighted by molar-refractivity contribution is 0.628. The molecule has 1 N–H and O–H groups in total. The minimum Gasteiger partial charge on any atom is -0.379 e. The maximum Gasteiger partial charge on any atom is 0.125 e. The number of halogens is 1. The van der Waals surface area contributed by atoms with Crippen LogP contribution in [0.3, 0.4) is 0 Å². The molecule has 0 saturated heterocycles. The number of fused-ring (bicyclic) bond motifs is 1. The highest BCUT2D eigenvalue weighted by Gasteiger charge is 2.08. The third kappa shape index (κ3) is 2.37. The fraction of sp³-hybridized carbons (Fsp3) is 0.188. The Labute approximate surface area is 117 Å². The maximum absolute atomic E-state index is 13.1. The summed E-state index contributed by atoms with van der Waals surface area (Å²) >= 11 is 0. The zero-order chi connectivity index (χ0) is 13.9. The zero-order valence-electron chi connectivity index (χ0n) is 11.3. The molecule has 0 radical (unpaired) electrons. The summed E-state index contributed by atoms with van der Waals surface area (Å²) in [7, 11) is 0. The molecule has 0 spiro atoms. The van der Waals surface area contributed by atoms with Crippen LogP contribution < -0.4 is 5.32 Å². The van der Waals surface area contributed by atoms with Gasteiger partial charge in [0.25, 0.3) is 0 Å². The van der Waals surface area contributed by atoms with Gasteiger partial charge in [-0.3, -0.25) is 4.68 Å². The van der Waals surface area contributed by atoms with Crippen molar-refractivity contribution in [2.75, 3.05) is 5.32 Å². The van der Waals surface area contributed by atoms with E-state index >= 15 is 0 Å². The lowest BCUT2D eigenvalue weighted by Gasteiger charge is -2.04. The zero-order valence-corrected chi connectivity index (χ0v) is 11.3. The quantitative estimate of drug-likeness (QED) is 0.780. The van der Waals surface area contributed by atoms with Gasteiger partial charge in [-0.2, -0.15) is 5.10 Å². The molecule has 102 valence electrons. The van der Waals surface area contributed by atoms with E-state index in [-0.39, 0.29) is 5.82 Å². The van der Waals surface area contributed by atoms with Crippen LogP contribution in [0.25, 0.3) is 10.9 Å². The Hall–Kier alpha value is -2.36. The van der Waals surface area contributed by atoms with Crippen molar-refractivity contribution in [2.45, 2.75) is 20.0 Å². The van der Waals surface area contributed by atoms with E-state index in [4.69, 9.17) is 0 Å². The first-order valence-corrected chi connectivity index (χ1v) is 6.72. The molecule has 20 heavy (non-hydrogen) atoms. The van der Waals surface area contributed by atoms with Crippen molar-refractivity contribution in [1.29, 1.82) is 0 Å². The number of aryl methyl sites for hydroxylation is 1. The molecule has 0 fully saturated rings. The van der Waals surface area contributed by atoms with Crippen LogP contribution in [0, 0.1) is 5.82 Å². The molecular formula is C16H16FN3. The number of aromatic nitrogens is 2. The molecule has 0 aliphatic carbocycles. The highest BCUT2D eigenvalue weighted by Crippen LogP contribution is 2.19. The van der Waals surface area contributed by atoms with Crippen molar-refractivity contribution in [3.63, 3.8) is 0 Å². The van der Waals surface area contributed by atoms with Crippen LogP contribution in [0.15, 0.2) is 48.5 Å². The lowest BCUT2D eigenvalue weighted by atomic mass is 10.2. The smallest absolute Gasteiger partial charge is 0.125 e. The van der Waals surface area contributed by atoms with Gasteiger partial charge in [-0.1, -0.05) is 24.3 Å². The van der Waals surface area contributed by atoms with Crippen molar-refractivity contribution in [1.82, 2.24) is 9.78 Å². The minimum absolute atomic E-state index is 0.237. The van der Waals surface area contributed by atoms with E-state index in [1.165, 1.54) is 12.1 Å². The van der Waals surface area contributed by atoms with E-state index in [0.717, 1.165) is 28.8 Å². The fourth-order valence-electron chi connectivity index (χ4n) is 2.35. The van der Waals surface area contributed by atoms with E-state index in [2.05, 4.69) is 29.5 Å². The van der Waals surface area contributed by atoms with E-state index in [1.807, 2.05) is 22.9 Å². The highest BCUT2D eigenvalue weighted by atomic mass is 19.1. The van der Waals surface area contributed by atoms with Crippen LogP contribution in [0.5, 0.6) is 0 Å². The molecule has 1 aromatic heterocycles. The summed E-state index contributed by atoms with van der Waals surface area (Å²) in [5.74, 6) is -0.237. The average molecular weight is 269 g/mol. The summed E-state index contributed by atoms with van der Waals surface area (Å²) in [4.78, 5) is 0. The van der Waals surface area contributed by atoms with Crippen LogP contribution in [0.2, 0.25) is 0 Å². The number of nitrogens with zero attached hydrogens (tertiary/aromatic N) is 2. The van der Waals surface area contributed by atoms with Crippen molar-refractivity contribution < 1.29 is 4.39 Å². The van der Waals surface area contributed by atoms with E-state index in [1.54, 1.807) is 6.07 Å². The van der Waals surface area contributed by atoms with Gasteiger partial charge in [-0.25, -0.2) is 4.39 Å². The molecule has 0 saturated carbocycles. The predicted octanol–water partition coefficient (Wildman–Crippen LogP) is 3.81. The number of nitrogens with one attached hydrogen (secondary N) is 1. The first kappa shape index (κ1) is 12.7. The van der Waals surface area contributed by atoms with Gasteiger partial charge in [-0.05, 0) is 31.2 Å². The standard InChI is InChI=1S/C16H16FN3/c1-2-20-16-9-4-3-8-14(16)15(19-20)11-18-13-7-5-6-12(17)10-13/h3-10,18H,2,11H2,1H3. The summed E-state index contributed by atoms with van der Waals surface area (Å²) in [5, 5.41) is 8.96. The van der Waals surface area contributed by atoms with Crippen LogP contribution >= 0.6 is 0 Å². The maximum atomic E-state index is 13.1. The Morgan fingerprint density at radius 2 is 2.00 bits per heavy atom. The Morgan fingerprint density at radius 1 is 1.15 bits per heavy atom. The molecule has 3 aromatic rings. The van der Waals surface area contributed by atoms with Crippen molar-refractivity contribution in [3.05, 3.63) is 60.0 Å². The molecule has 0 bridgehead atoms. The van der Waals surface area contributed by atoms with Crippen LogP contribution in [0.4, 0.5) is 10.1 Å². The van der Waals surface area contributed by atoms with Gasteiger partial charge in [0.1, 0.15) is 5.82 Å². The van der Waals surface area contributed by atoms with E-state index in [9.17, 15) is 4.39 Å². The normalized spacial score (nSPS) is 10.9. The Bertz CT molecular complexity index is 733. The van der Waals surface area contributed by atoms with Crippen molar-refractivity contribution in [3.8, 4) is 0 Å². The summed E-state index contributed by atoms with van der Waals surface area (Å²) in [6.07, 6.45) is 0. The third-order valence-electron chi connectivity index (χ3n) is 3.32. The Balaban J connectivity index is 1.88. The molecule has 1 heterocycles. The van der Waals surface area contributed by atoms with Gasteiger partial charge in [0.15, 0.2) is 0 Å². The van der Waals surface area contributed by atoms with E-state index in [0.29, 0.717) is 6.54 Å². The molecule has 3 nitrogen and oxygen atoms in total. The largest absolute Gasteiger partial charge is 0.379 e. The molecule has 2 aromatic carbocycles. The van der Waals surface area contributed by atoms with Crippen molar-refractivity contribution >= 4 is 16.6 Å². The van der Waals surface area contributed by atoms with Crippen molar-refractivity contribution in [2.24, 2.45) is 0 Å². The van der Waals surface area contributed by atoms with Gasteiger partial charge in [0.2, 0.25) is 0 Å². The summed E-state index contributed by atoms with van der Waals surface area (Å²) < 4.78 is 15.1. The van der Waals surface area contributed by atoms with E-state index < -0.39 is 0 Å². The number of hydrogen-bond acceptors (Lipinski definition) is 2. The van der Waals surface area contributed by atoms with Crippen LogP contribution in [0.1, 0.15) is 12.6 Å². The summed E-state index contributed by atoms with van der Waals surface area (Å²) in [5.41, 5.74) is 2.87. The molecule has 0 atom stereocenters. The number of hydrogen-bond donors (Lipinski definition) is 1. The second-order valence-electron chi connectivity index (χ2n) is 4.64. The first-order chi connectivity index (χ1) is 9.78. The highest BCUT2D eigenvalue weighted by molar-refractivity contribution is 5.82. The molecular weight excluding hydrogens is 253 g/mol. The van der Waals surface area contributed by atoms with Gasteiger partial charge in [-0.15, -0.1) is 0 Å². The minimum atomic E-state index is -0.237. The molecule has 0 aliphatic rings. The number of para-hydroxylation sites is 1. The third-order valence-corrected chi connectivity index (χ3v) is 3.32. The molecule has 3 rings (SSSR count). The molecule has 4 heteroatoms. The lowest BCUT2D eigenvalue weighted by Crippen LogP contribution is -2.02. The van der Waals surface area contributed by atoms with Gasteiger partial charge in [0.05, 0.1) is 17.8 Å². The topological polar surface area (TPSA) is 29.9 Å². The summed E-state index contributed by atoms with van der Waals surface area (Å²) in [6.45, 7) is 3.49. The summed E-state index contributed by atoms with van der Waals surface area (Å²) in [6, 6.07) is 14.6. The predicted molar refractivity (Wildman–Crippen MR) is 79.1 cm³/mol. The van der Waals surface area contributed by atoms with Crippen LogP contribution in [-0.2, 0) is 13.1 Å². The van der Waals surface area contributed by atoms with Crippen LogP contribution in [-0.4, -0.2) is 9.78 Å². The first-order valence-electron chi connectivity index (χ1n) is 6.72. The second kappa shape index (κ2) is 5.33. The number of rotatable bonds is 4. The monoisotopic (exact) mass is 269 g/mol. The fourth-order valence-corrected chi connectivity index (χ4v) is 2.35. The Kier molecular flexibility index (Phi) is 3.37. The molecule has 0 amide bonds. The second-order valence-corrected chi connectivity index (χ2v) is 4.64. The van der Waals surface area contributed by atoms with Gasteiger partial charge < -0.3 is 5.32 Å². The van der Waals surface area contributed by atoms with Gasteiger partial charge >= 0.3 is 0 Å². The molecule has 0 unspecified atom stereocenters. The Morgan fingerprint density at radius 3 is 2.80 bits per heavy atom. The average Bonchev–Trinajstić information content (AvgIpc) is 2.83. The molecule has 0 aliphatic heterocycles. The van der Waals surface area contributed by atoms with Gasteiger partial charge in [0, 0.05) is 17.6 Å².